The molecule has 0 atom stereocenters. The Morgan fingerprint density at radius 1 is 1.38 bits per heavy atom. The average Bonchev–Trinajstić information content (AvgIpc) is 2.75. The molecule has 0 aliphatic carbocycles. The van der Waals surface area contributed by atoms with Crippen molar-refractivity contribution >= 4 is 33.8 Å². The predicted molar refractivity (Wildman–Crippen MR) is 86.9 cm³/mol. The van der Waals surface area contributed by atoms with Crippen molar-refractivity contribution in [2.75, 3.05) is 5.32 Å². The quantitative estimate of drug-likeness (QED) is 0.912. The van der Waals surface area contributed by atoms with Crippen LogP contribution in [0.1, 0.15) is 28.5 Å². The van der Waals surface area contributed by atoms with Crippen molar-refractivity contribution in [3.05, 3.63) is 50.9 Å². The number of halogens is 1. The van der Waals surface area contributed by atoms with Crippen molar-refractivity contribution < 1.29 is 4.79 Å². The minimum absolute atomic E-state index is 0.127. The molecule has 5 heteroatoms. The van der Waals surface area contributed by atoms with Gasteiger partial charge in [0.2, 0.25) is 5.91 Å². The molecule has 0 saturated carbocycles. The topological polar surface area (TPSA) is 52.9 Å². The molecule has 0 aliphatic rings. The number of anilines is 1. The summed E-state index contributed by atoms with van der Waals surface area (Å²) in [5.41, 5.74) is 2.49. The van der Waals surface area contributed by atoms with Gasteiger partial charge in [0.15, 0.2) is 0 Å². The summed E-state index contributed by atoms with van der Waals surface area (Å²) < 4.78 is 0. The number of carbonyl (C=O) groups excluding carboxylic acids is 1. The summed E-state index contributed by atoms with van der Waals surface area (Å²) >= 11 is 7.27. The third-order valence-electron chi connectivity index (χ3n) is 3.21. The lowest BCUT2D eigenvalue weighted by Gasteiger charge is -2.04. The van der Waals surface area contributed by atoms with Crippen LogP contribution in [0.3, 0.4) is 0 Å². The molecule has 0 aliphatic heterocycles. The van der Waals surface area contributed by atoms with Crippen molar-refractivity contribution in [2.24, 2.45) is 0 Å². The third-order valence-corrected chi connectivity index (χ3v) is 4.52. The Balaban J connectivity index is 2.13. The predicted octanol–water partition coefficient (Wildman–Crippen LogP) is 4.33. The number of hydrogen-bond donors (Lipinski definition) is 1. The summed E-state index contributed by atoms with van der Waals surface area (Å²) in [6, 6.07) is 9.36. The summed E-state index contributed by atoms with van der Waals surface area (Å²) in [7, 11) is 0. The van der Waals surface area contributed by atoms with Crippen LogP contribution in [0.4, 0.5) is 5.00 Å². The van der Waals surface area contributed by atoms with Gasteiger partial charge in [-0.05, 0) is 36.6 Å². The molecule has 21 heavy (non-hydrogen) atoms. The second kappa shape index (κ2) is 6.75. The molecule has 1 aromatic heterocycles. The van der Waals surface area contributed by atoms with Crippen molar-refractivity contribution in [3.8, 4) is 6.07 Å². The second-order valence-electron chi connectivity index (χ2n) is 4.66. The van der Waals surface area contributed by atoms with Crippen LogP contribution in [0.5, 0.6) is 0 Å². The van der Waals surface area contributed by atoms with E-state index in [0.29, 0.717) is 15.6 Å². The van der Waals surface area contributed by atoms with E-state index in [9.17, 15) is 10.1 Å². The largest absolute Gasteiger partial charge is 0.316 e. The number of hydrogen-bond acceptors (Lipinski definition) is 3. The van der Waals surface area contributed by atoms with Gasteiger partial charge in [0, 0.05) is 9.90 Å². The van der Waals surface area contributed by atoms with E-state index in [-0.39, 0.29) is 12.3 Å². The molecule has 0 radical (unpaired) electrons. The Bertz CT molecular complexity index is 698. The van der Waals surface area contributed by atoms with Crippen LogP contribution in [0.15, 0.2) is 24.3 Å². The van der Waals surface area contributed by atoms with Gasteiger partial charge in [-0.15, -0.1) is 11.3 Å². The van der Waals surface area contributed by atoms with Crippen LogP contribution in [0.25, 0.3) is 0 Å². The van der Waals surface area contributed by atoms with Gasteiger partial charge in [-0.1, -0.05) is 30.7 Å². The second-order valence-corrected chi connectivity index (χ2v) is 6.32. The van der Waals surface area contributed by atoms with E-state index in [1.165, 1.54) is 11.3 Å². The van der Waals surface area contributed by atoms with Gasteiger partial charge in [0.1, 0.15) is 11.1 Å². The summed E-state index contributed by atoms with van der Waals surface area (Å²) in [5.74, 6) is -0.127. The van der Waals surface area contributed by atoms with Crippen LogP contribution in [0, 0.1) is 18.3 Å². The van der Waals surface area contributed by atoms with Gasteiger partial charge in [-0.25, -0.2) is 0 Å². The summed E-state index contributed by atoms with van der Waals surface area (Å²) in [6.45, 7) is 3.98. The highest BCUT2D eigenvalue weighted by Gasteiger charge is 2.16. The lowest BCUT2D eigenvalue weighted by molar-refractivity contribution is -0.115. The SMILES string of the molecule is CCc1c(C)sc(NC(=O)Cc2ccc(Cl)cc2)c1C#N. The van der Waals surface area contributed by atoms with Crippen molar-refractivity contribution in [1.29, 1.82) is 5.26 Å². The Morgan fingerprint density at radius 2 is 2.05 bits per heavy atom. The average molecular weight is 319 g/mol. The molecule has 2 rings (SSSR count). The van der Waals surface area contributed by atoms with Gasteiger partial charge < -0.3 is 5.32 Å². The van der Waals surface area contributed by atoms with Gasteiger partial charge in [0.05, 0.1) is 12.0 Å². The van der Waals surface area contributed by atoms with E-state index in [1.54, 1.807) is 12.1 Å². The van der Waals surface area contributed by atoms with E-state index in [2.05, 4.69) is 11.4 Å². The molecule has 0 unspecified atom stereocenters. The zero-order valence-corrected chi connectivity index (χ0v) is 13.4. The molecule has 2 aromatic rings. The smallest absolute Gasteiger partial charge is 0.229 e. The number of thiophene rings is 1. The first-order valence-corrected chi connectivity index (χ1v) is 7.81. The third kappa shape index (κ3) is 3.63. The minimum atomic E-state index is -0.127. The zero-order valence-electron chi connectivity index (χ0n) is 11.9. The molecule has 0 spiro atoms. The maximum atomic E-state index is 12.1. The molecular formula is C16H15ClN2OS. The molecule has 1 N–H and O–H groups in total. The number of nitrogens with zero attached hydrogens (tertiary/aromatic N) is 1. The zero-order chi connectivity index (χ0) is 15.4. The van der Waals surface area contributed by atoms with E-state index < -0.39 is 0 Å². The highest BCUT2D eigenvalue weighted by atomic mass is 35.5. The number of carbonyl (C=O) groups is 1. The first-order valence-electron chi connectivity index (χ1n) is 6.61. The number of rotatable bonds is 4. The lowest BCUT2D eigenvalue weighted by atomic mass is 10.1. The maximum Gasteiger partial charge on any atom is 0.229 e. The Hall–Kier alpha value is -1.83. The molecule has 1 heterocycles. The summed E-state index contributed by atoms with van der Waals surface area (Å²) in [4.78, 5) is 13.2. The lowest BCUT2D eigenvalue weighted by Crippen LogP contribution is -2.14. The Morgan fingerprint density at radius 3 is 2.62 bits per heavy atom. The van der Waals surface area contributed by atoms with Crippen LogP contribution in [0.2, 0.25) is 5.02 Å². The fraction of sp³-hybridized carbons (Fsp3) is 0.250. The van der Waals surface area contributed by atoms with E-state index >= 15 is 0 Å². The Labute approximate surface area is 133 Å². The molecule has 1 aromatic carbocycles. The molecule has 0 saturated heterocycles. The van der Waals surface area contributed by atoms with Gasteiger partial charge in [0.25, 0.3) is 0 Å². The Kier molecular flexibility index (Phi) is 5.00. The normalized spacial score (nSPS) is 10.2. The first-order chi connectivity index (χ1) is 10.0. The van der Waals surface area contributed by atoms with Gasteiger partial charge in [-0.2, -0.15) is 5.26 Å². The number of benzene rings is 1. The molecule has 0 fully saturated rings. The van der Waals surface area contributed by atoms with Crippen LogP contribution in [-0.2, 0) is 17.6 Å². The molecule has 1 amide bonds. The highest BCUT2D eigenvalue weighted by Crippen LogP contribution is 2.32. The van der Waals surface area contributed by atoms with Crippen LogP contribution >= 0.6 is 22.9 Å². The van der Waals surface area contributed by atoms with E-state index in [4.69, 9.17) is 11.6 Å². The van der Waals surface area contributed by atoms with Crippen molar-refractivity contribution in [1.82, 2.24) is 0 Å². The van der Waals surface area contributed by atoms with Gasteiger partial charge >= 0.3 is 0 Å². The highest BCUT2D eigenvalue weighted by molar-refractivity contribution is 7.16. The van der Waals surface area contributed by atoms with Crippen molar-refractivity contribution in [2.45, 2.75) is 26.7 Å². The monoisotopic (exact) mass is 318 g/mol. The number of nitriles is 1. The number of amides is 1. The van der Waals surface area contributed by atoms with E-state index in [1.807, 2.05) is 26.0 Å². The fourth-order valence-electron chi connectivity index (χ4n) is 2.17. The van der Waals surface area contributed by atoms with Gasteiger partial charge in [-0.3, -0.25) is 4.79 Å². The van der Waals surface area contributed by atoms with E-state index in [0.717, 1.165) is 22.4 Å². The molecule has 108 valence electrons. The fourth-order valence-corrected chi connectivity index (χ4v) is 3.41. The van der Waals surface area contributed by atoms with Crippen LogP contribution in [-0.4, -0.2) is 5.91 Å². The molecule has 3 nitrogen and oxygen atoms in total. The number of aryl methyl sites for hydroxylation is 1. The molecular weight excluding hydrogens is 304 g/mol. The standard InChI is InChI=1S/C16H15ClN2OS/c1-3-13-10(2)21-16(14(13)9-18)19-15(20)8-11-4-6-12(17)7-5-11/h4-7H,3,8H2,1-2H3,(H,19,20). The van der Waals surface area contributed by atoms with Crippen molar-refractivity contribution in [3.63, 3.8) is 0 Å². The number of nitrogens with one attached hydrogen (secondary N) is 1. The summed E-state index contributed by atoms with van der Waals surface area (Å²) in [6.07, 6.45) is 1.05. The van der Waals surface area contributed by atoms with Crippen LogP contribution < -0.4 is 5.32 Å². The summed E-state index contributed by atoms with van der Waals surface area (Å²) in [5, 5.41) is 13.4. The first kappa shape index (κ1) is 15.6. The molecule has 0 bridgehead atoms. The maximum absolute atomic E-state index is 12.1. The minimum Gasteiger partial charge on any atom is -0.316 e.